The molecule has 0 radical (unpaired) electrons. The summed E-state index contributed by atoms with van der Waals surface area (Å²) < 4.78 is 6.84. The summed E-state index contributed by atoms with van der Waals surface area (Å²) in [5.74, 6) is 0.754. The second-order valence-electron chi connectivity index (χ2n) is 4.19. The molecule has 2 N–H and O–H groups in total. The third kappa shape index (κ3) is 2.95. The molecular weight excluding hydrogens is 300 g/mol. The van der Waals surface area contributed by atoms with Crippen molar-refractivity contribution in [2.75, 3.05) is 12.4 Å². The summed E-state index contributed by atoms with van der Waals surface area (Å²) in [5.41, 5.74) is 1.62. The van der Waals surface area contributed by atoms with Gasteiger partial charge in [-0.15, -0.1) is 15.3 Å². The summed E-state index contributed by atoms with van der Waals surface area (Å²) in [6.07, 6.45) is 2.95. The number of tetrazole rings is 2. The molecule has 0 amide bonds. The van der Waals surface area contributed by atoms with Crippen LogP contribution in [0.25, 0.3) is 11.3 Å². The number of aromatic amines is 1. The Hall–Kier alpha value is -3.81. The average Bonchev–Trinajstić information content (AvgIpc) is 3.29. The van der Waals surface area contributed by atoms with Crippen LogP contribution in [0.1, 0.15) is 5.82 Å². The molecule has 2 aromatic heterocycles. The average molecular weight is 310 g/mol. The summed E-state index contributed by atoms with van der Waals surface area (Å²) in [6.45, 7) is 0. The largest absolute Gasteiger partial charge is 0.494 e. The van der Waals surface area contributed by atoms with E-state index in [1.54, 1.807) is 18.2 Å². The van der Waals surface area contributed by atoms with E-state index in [1.807, 2.05) is 6.07 Å². The van der Waals surface area contributed by atoms with Gasteiger partial charge in [0.2, 0.25) is 5.82 Å². The Kier molecular flexibility index (Phi) is 3.88. The third-order valence-corrected chi connectivity index (χ3v) is 2.88. The lowest BCUT2D eigenvalue weighted by Crippen LogP contribution is -1.99. The van der Waals surface area contributed by atoms with Gasteiger partial charge < -0.3 is 10.1 Å². The molecule has 0 unspecified atom stereocenters. The first-order chi connectivity index (χ1) is 11.3. The minimum absolute atomic E-state index is 0.198. The molecule has 0 aliphatic carbocycles. The molecule has 0 aliphatic heterocycles. The fourth-order valence-electron chi connectivity index (χ4n) is 1.79. The van der Waals surface area contributed by atoms with Crippen molar-refractivity contribution in [1.82, 2.24) is 40.8 Å². The fourth-order valence-corrected chi connectivity index (χ4v) is 1.79. The Balaban J connectivity index is 1.87. The van der Waals surface area contributed by atoms with E-state index in [0.717, 1.165) is 5.69 Å². The molecule has 0 aliphatic rings. The van der Waals surface area contributed by atoms with Crippen molar-refractivity contribution in [3.63, 3.8) is 0 Å². The highest BCUT2D eigenvalue weighted by atomic mass is 16.5. The van der Waals surface area contributed by atoms with Gasteiger partial charge in [-0.1, -0.05) is 0 Å². The standard InChI is InChI=1S/C12H10N10O/c1-23-11-4-9(22-7-15-18-21-22)2-3-10(11)14-6-8(5-13)12-16-19-20-17-12/h2-4,6-7,14H,1H3,(H,16,17,19,20). The normalized spacial score (nSPS) is 11.0. The summed E-state index contributed by atoms with van der Waals surface area (Å²) in [5, 5.41) is 36.3. The van der Waals surface area contributed by atoms with E-state index >= 15 is 0 Å². The monoisotopic (exact) mass is 310 g/mol. The predicted molar refractivity (Wildman–Crippen MR) is 77.1 cm³/mol. The number of hydrogen-bond acceptors (Lipinski definition) is 9. The topological polar surface area (TPSA) is 143 Å². The van der Waals surface area contributed by atoms with Gasteiger partial charge in [0.15, 0.2) is 0 Å². The number of rotatable bonds is 5. The molecule has 0 atom stereocenters. The lowest BCUT2D eigenvalue weighted by Gasteiger charge is -2.10. The molecule has 0 spiro atoms. The maximum atomic E-state index is 9.13. The second kappa shape index (κ2) is 6.31. The first kappa shape index (κ1) is 14.1. The van der Waals surface area contributed by atoms with Crippen molar-refractivity contribution in [3.05, 3.63) is 36.6 Å². The Morgan fingerprint density at radius 3 is 3.04 bits per heavy atom. The summed E-state index contributed by atoms with van der Waals surface area (Å²) in [4.78, 5) is 0. The molecule has 1 aromatic carbocycles. The molecule has 2 heterocycles. The number of benzene rings is 1. The predicted octanol–water partition coefficient (Wildman–Crippen LogP) is 0.161. The van der Waals surface area contributed by atoms with Gasteiger partial charge in [0.05, 0.1) is 18.5 Å². The Morgan fingerprint density at radius 2 is 2.39 bits per heavy atom. The molecule has 3 aromatic rings. The molecular formula is C12H10N10O. The van der Waals surface area contributed by atoms with Crippen LogP contribution in [0.4, 0.5) is 5.69 Å². The zero-order valence-electron chi connectivity index (χ0n) is 11.9. The molecule has 3 rings (SSSR count). The Morgan fingerprint density at radius 1 is 1.48 bits per heavy atom. The summed E-state index contributed by atoms with van der Waals surface area (Å²) >= 11 is 0. The molecule has 0 fully saturated rings. The van der Waals surface area contributed by atoms with Gasteiger partial charge in [-0.3, -0.25) is 0 Å². The minimum Gasteiger partial charge on any atom is -0.494 e. The van der Waals surface area contributed by atoms with Crippen molar-refractivity contribution >= 4 is 11.3 Å². The number of methoxy groups -OCH3 is 1. The quantitative estimate of drug-likeness (QED) is 0.629. The molecule has 11 nitrogen and oxygen atoms in total. The van der Waals surface area contributed by atoms with Crippen LogP contribution in [0, 0.1) is 11.3 Å². The number of ether oxygens (including phenoxy) is 1. The molecule has 23 heavy (non-hydrogen) atoms. The SMILES string of the molecule is COc1cc(-n2cnnn2)ccc1NC=C(C#N)c1nn[nH]n1. The van der Waals surface area contributed by atoms with Crippen molar-refractivity contribution < 1.29 is 4.74 Å². The third-order valence-electron chi connectivity index (χ3n) is 2.88. The number of nitriles is 1. The lowest BCUT2D eigenvalue weighted by molar-refractivity contribution is 0.416. The zero-order chi connectivity index (χ0) is 16.1. The van der Waals surface area contributed by atoms with Gasteiger partial charge in [-0.25, -0.2) is 4.68 Å². The Labute approximate surface area is 129 Å². The van der Waals surface area contributed by atoms with Crippen molar-refractivity contribution in [3.8, 4) is 17.5 Å². The highest BCUT2D eigenvalue weighted by Gasteiger charge is 2.08. The first-order valence-electron chi connectivity index (χ1n) is 6.34. The number of nitrogens with zero attached hydrogens (tertiary/aromatic N) is 8. The number of aromatic nitrogens is 8. The van der Waals surface area contributed by atoms with Crippen LogP contribution in [-0.4, -0.2) is 47.9 Å². The van der Waals surface area contributed by atoms with Crippen molar-refractivity contribution in [1.29, 1.82) is 5.26 Å². The smallest absolute Gasteiger partial charge is 0.216 e. The lowest BCUT2D eigenvalue weighted by atomic mass is 10.2. The van der Waals surface area contributed by atoms with Crippen LogP contribution in [0.15, 0.2) is 30.7 Å². The highest BCUT2D eigenvalue weighted by Crippen LogP contribution is 2.27. The van der Waals surface area contributed by atoms with Crippen LogP contribution in [-0.2, 0) is 0 Å². The van der Waals surface area contributed by atoms with Gasteiger partial charge in [0, 0.05) is 12.3 Å². The van der Waals surface area contributed by atoms with E-state index in [0.29, 0.717) is 11.4 Å². The van der Waals surface area contributed by atoms with Gasteiger partial charge >= 0.3 is 0 Å². The van der Waals surface area contributed by atoms with E-state index in [1.165, 1.54) is 24.3 Å². The molecule has 114 valence electrons. The number of hydrogen-bond donors (Lipinski definition) is 2. The molecule has 0 bridgehead atoms. The first-order valence-corrected chi connectivity index (χ1v) is 6.34. The van der Waals surface area contributed by atoms with Crippen LogP contribution in [0.5, 0.6) is 5.75 Å². The van der Waals surface area contributed by atoms with Crippen LogP contribution >= 0.6 is 0 Å². The maximum absolute atomic E-state index is 9.13. The number of anilines is 1. The van der Waals surface area contributed by atoms with Gasteiger partial charge in [-0.2, -0.15) is 10.5 Å². The summed E-state index contributed by atoms with van der Waals surface area (Å²) in [6, 6.07) is 7.32. The van der Waals surface area contributed by atoms with Gasteiger partial charge in [-0.05, 0) is 27.8 Å². The zero-order valence-corrected chi connectivity index (χ0v) is 11.9. The van der Waals surface area contributed by atoms with E-state index in [9.17, 15) is 0 Å². The Bertz CT molecular complexity index is 847. The fraction of sp³-hybridized carbons (Fsp3) is 0.0833. The van der Waals surface area contributed by atoms with Crippen molar-refractivity contribution in [2.45, 2.75) is 0 Å². The van der Waals surface area contributed by atoms with E-state index < -0.39 is 0 Å². The summed E-state index contributed by atoms with van der Waals surface area (Å²) in [7, 11) is 1.54. The number of allylic oxidation sites excluding steroid dienone is 1. The maximum Gasteiger partial charge on any atom is 0.216 e. The van der Waals surface area contributed by atoms with Gasteiger partial charge in [0.25, 0.3) is 0 Å². The van der Waals surface area contributed by atoms with Crippen LogP contribution in [0.2, 0.25) is 0 Å². The second-order valence-corrected chi connectivity index (χ2v) is 4.19. The van der Waals surface area contributed by atoms with E-state index in [2.05, 4.69) is 41.5 Å². The van der Waals surface area contributed by atoms with Crippen LogP contribution in [0.3, 0.4) is 0 Å². The minimum atomic E-state index is 0.198. The molecule has 0 saturated carbocycles. The number of H-pyrrole nitrogens is 1. The van der Waals surface area contributed by atoms with E-state index in [-0.39, 0.29) is 11.4 Å². The highest BCUT2D eigenvalue weighted by molar-refractivity contribution is 5.75. The van der Waals surface area contributed by atoms with E-state index in [4.69, 9.17) is 10.00 Å². The van der Waals surface area contributed by atoms with Gasteiger partial charge in [0.1, 0.15) is 23.7 Å². The van der Waals surface area contributed by atoms with Crippen molar-refractivity contribution in [2.24, 2.45) is 0 Å². The molecule has 11 heteroatoms. The molecule has 0 saturated heterocycles. The van der Waals surface area contributed by atoms with Crippen LogP contribution < -0.4 is 10.1 Å². The number of nitrogens with one attached hydrogen (secondary N) is 2.